The Labute approximate surface area is 175 Å². The normalized spacial score (nSPS) is 18.0. The number of methoxy groups -OCH3 is 2. The standard InChI is InChI=1S/C20H18ClFN4O4/c1-20(8-29-2)19(28)25-11-7-24-18-13(16(11)26-20)10(6-23-18)17(27)9-4-5-12(30-3)15(22)14(9)21/h4-7,26H,8H2,1-3H3,(H,23,24)(H,25,28)/t20-/m0/s1. The highest BCUT2D eigenvalue weighted by Crippen LogP contribution is 2.39. The van der Waals surface area contributed by atoms with Gasteiger partial charge in [-0.05, 0) is 19.1 Å². The molecule has 1 aliphatic rings. The first-order chi connectivity index (χ1) is 14.3. The number of benzene rings is 1. The summed E-state index contributed by atoms with van der Waals surface area (Å²) >= 11 is 6.10. The third-order valence-electron chi connectivity index (χ3n) is 5.04. The summed E-state index contributed by atoms with van der Waals surface area (Å²) in [6.07, 6.45) is 2.96. The number of rotatable bonds is 5. The van der Waals surface area contributed by atoms with Gasteiger partial charge in [-0.2, -0.15) is 0 Å². The number of anilines is 2. The number of amides is 1. The number of hydrogen-bond donors (Lipinski definition) is 3. The molecule has 1 aromatic carbocycles. The molecule has 0 saturated heterocycles. The molecule has 0 fully saturated rings. The van der Waals surface area contributed by atoms with E-state index in [1.165, 1.54) is 38.7 Å². The van der Waals surface area contributed by atoms with Gasteiger partial charge in [0.25, 0.3) is 5.91 Å². The van der Waals surface area contributed by atoms with E-state index in [9.17, 15) is 14.0 Å². The van der Waals surface area contributed by atoms with Crippen LogP contribution in [0.3, 0.4) is 0 Å². The van der Waals surface area contributed by atoms with E-state index in [2.05, 4.69) is 20.6 Å². The molecule has 1 atom stereocenters. The van der Waals surface area contributed by atoms with Crippen LogP contribution in [0, 0.1) is 5.82 Å². The van der Waals surface area contributed by atoms with Crippen LogP contribution in [0.5, 0.6) is 5.75 Å². The Bertz CT molecular complexity index is 1200. The maximum atomic E-state index is 14.4. The van der Waals surface area contributed by atoms with Crippen LogP contribution >= 0.6 is 11.6 Å². The third-order valence-corrected chi connectivity index (χ3v) is 5.41. The van der Waals surface area contributed by atoms with Crippen molar-refractivity contribution in [2.45, 2.75) is 12.5 Å². The lowest BCUT2D eigenvalue weighted by molar-refractivity contribution is -0.121. The summed E-state index contributed by atoms with van der Waals surface area (Å²) in [5, 5.41) is 6.07. The molecule has 0 spiro atoms. The average molecular weight is 433 g/mol. The summed E-state index contributed by atoms with van der Waals surface area (Å²) in [6, 6.07) is 2.74. The number of carbonyl (C=O) groups is 2. The van der Waals surface area contributed by atoms with Crippen LogP contribution in [0.15, 0.2) is 24.5 Å². The first kappa shape index (κ1) is 20.1. The van der Waals surface area contributed by atoms with Gasteiger partial charge in [-0.25, -0.2) is 9.37 Å². The first-order valence-corrected chi connectivity index (χ1v) is 9.34. The Morgan fingerprint density at radius 1 is 1.30 bits per heavy atom. The van der Waals surface area contributed by atoms with Crippen LogP contribution in [-0.4, -0.2) is 48.0 Å². The number of aromatic nitrogens is 2. The Balaban J connectivity index is 1.87. The molecule has 0 radical (unpaired) electrons. The van der Waals surface area contributed by atoms with E-state index >= 15 is 0 Å². The number of ketones is 1. The van der Waals surface area contributed by atoms with Gasteiger partial charge in [0.1, 0.15) is 11.2 Å². The van der Waals surface area contributed by atoms with E-state index in [1.54, 1.807) is 6.92 Å². The predicted octanol–water partition coefficient (Wildman–Crippen LogP) is 3.36. The number of nitrogens with one attached hydrogen (secondary N) is 3. The summed E-state index contributed by atoms with van der Waals surface area (Å²) in [6.45, 7) is 1.79. The molecule has 1 aliphatic heterocycles. The molecular formula is C20H18ClFN4O4. The van der Waals surface area contributed by atoms with E-state index < -0.39 is 17.1 Å². The highest BCUT2D eigenvalue weighted by atomic mass is 35.5. The summed E-state index contributed by atoms with van der Waals surface area (Å²) in [5.41, 5.74) is 0.496. The topological polar surface area (TPSA) is 105 Å². The van der Waals surface area contributed by atoms with Crippen LogP contribution in [0.2, 0.25) is 5.02 Å². The van der Waals surface area contributed by atoms with Gasteiger partial charge in [-0.1, -0.05) is 11.6 Å². The van der Waals surface area contributed by atoms with Crippen molar-refractivity contribution in [2.75, 3.05) is 31.5 Å². The fourth-order valence-electron chi connectivity index (χ4n) is 3.49. The molecule has 8 nitrogen and oxygen atoms in total. The lowest BCUT2D eigenvalue weighted by atomic mass is 9.96. The van der Waals surface area contributed by atoms with Crippen molar-refractivity contribution >= 4 is 45.7 Å². The maximum absolute atomic E-state index is 14.4. The minimum absolute atomic E-state index is 0.0204. The van der Waals surface area contributed by atoms with Gasteiger partial charge >= 0.3 is 0 Å². The van der Waals surface area contributed by atoms with Gasteiger partial charge in [-0.15, -0.1) is 0 Å². The molecule has 156 valence electrons. The van der Waals surface area contributed by atoms with Crippen LogP contribution in [-0.2, 0) is 9.53 Å². The minimum atomic E-state index is -1.06. The average Bonchev–Trinajstić information content (AvgIpc) is 3.15. The van der Waals surface area contributed by atoms with Crippen molar-refractivity contribution in [3.05, 3.63) is 46.5 Å². The van der Waals surface area contributed by atoms with E-state index in [4.69, 9.17) is 21.1 Å². The second-order valence-corrected chi connectivity index (χ2v) is 7.47. The zero-order valence-corrected chi connectivity index (χ0v) is 17.1. The van der Waals surface area contributed by atoms with E-state index in [-0.39, 0.29) is 34.4 Å². The molecule has 2 aromatic heterocycles. The second kappa shape index (κ2) is 7.26. The Kier molecular flexibility index (Phi) is 4.87. The Morgan fingerprint density at radius 2 is 2.07 bits per heavy atom. The maximum Gasteiger partial charge on any atom is 0.252 e. The highest BCUT2D eigenvalue weighted by Gasteiger charge is 2.39. The Morgan fingerprint density at radius 3 is 2.77 bits per heavy atom. The minimum Gasteiger partial charge on any atom is -0.494 e. The van der Waals surface area contributed by atoms with E-state index in [0.717, 1.165) is 0 Å². The quantitative estimate of drug-likeness (QED) is 0.534. The molecule has 3 heterocycles. The lowest BCUT2D eigenvalue weighted by Crippen LogP contribution is -2.53. The van der Waals surface area contributed by atoms with Crippen LogP contribution in [0.4, 0.5) is 15.8 Å². The number of ether oxygens (including phenoxy) is 2. The van der Waals surface area contributed by atoms with Crippen molar-refractivity contribution in [3.8, 4) is 5.75 Å². The van der Waals surface area contributed by atoms with Gasteiger partial charge in [-0.3, -0.25) is 9.59 Å². The number of halogens is 2. The van der Waals surface area contributed by atoms with Gasteiger partial charge in [0.15, 0.2) is 17.3 Å². The van der Waals surface area contributed by atoms with Crippen molar-refractivity contribution < 1.29 is 23.5 Å². The van der Waals surface area contributed by atoms with Crippen molar-refractivity contribution in [1.29, 1.82) is 0 Å². The van der Waals surface area contributed by atoms with Gasteiger partial charge in [0.05, 0.1) is 47.3 Å². The number of hydrogen-bond acceptors (Lipinski definition) is 6. The smallest absolute Gasteiger partial charge is 0.252 e. The number of carbonyl (C=O) groups excluding carboxylic acids is 2. The fraction of sp³-hybridized carbons (Fsp3) is 0.250. The van der Waals surface area contributed by atoms with Crippen molar-refractivity contribution in [1.82, 2.24) is 9.97 Å². The second-order valence-electron chi connectivity index (χ2n) is 7.09. The number of pyridine rings is 1. The zero-order valence-electron chi connectivity index (χ0n) is 16.4. The Hall–Kier alpha value is -3.17. The lowest BCUT2D eigenvalue weighted by Gasteiger charge is -2.35. The summed E-state index contributed by atoms with van der Waals surface area (Å²) in [7, 11) is 2.80. The monoisotopic (exact) mass is 432 g/mol. The third kappa shape index (κ3) is 2.98. The molecule has 1 amide bonds. The van der Waals surface area contributed by atoms with Gasteiger partial charge < -0.3 is 25.1 Å². The molecule has 0 unspecified atom stereocenters. The fourth-order valence-corrected chi connectivity index (χ4v) is 3.73. The number of fused-ring (bicyclic) bond motifs is 3. The van der Waals surface area contributed by atoms with E-state index in [1.807, 2.05) is 0 Å². The zero-order chi connectivity index (χ0) is 21.6. The number of H-pyrrole nitrogens is 1. The largest absolute Gasteiger partial charge is 0.494 e. The highest BCUT2D eigenvalue weighted by molar-refractivity contribution is 6.36. The first-order valence-electron chi connectivity index (χ1n) is 8.96. The summed E-state index contributed by atoms with van der Waals surface area (Å²) in [4.78, 5) is 33.0. The molecular weight excluding hydrogens is 415 g/mol. The molecule has 0 saturated carbocycles. The van der Waals surface area contributed by atoms with Crippen molar-refractivity contribution in [2.24, 2.45) is 0 Å². The van der Waals surface area contributed by atoms with Gasteiger partial charge in [0.2, 0.25) is 0 Å². The summed E-state index contributed by atoms with van der Waals surface area (Å²) in [5.74, 6) is -1.67. The van der Waals surface area contributed by atoms with E-state index in [0.29, 0.717) is 22.4 Å². The number of aromatic amines is 1. The molecule has 4 rings (SSSR count). The molecule has 0 aliphatic carbocycles. The predicted molar refractivity (Wildman–Crippen MR) is 110 cm³/mol. The molecule has 3 aromatic rings. The SMILES string of the molecule is COC[C@]1(C)Nc2c(cnc3[nH]cc(C(=O)c4ccc(OC)c(F)c4Cl)c23)NC1=O. The summed E-state index contributed by atoms with van der Waals surface area (Å²) < 4.78 is 24.5. The van der Waals surface area contributed by atoms with Crippen LogP contribution in [0.1, 0.15) is 22.8 Å². The molecule has 10 heteroatoms. The van der Waals surface area contributed by atoms with Crippen LogP contribution in [0.25, 0.3) is 11.0 Å². The molecule has 3 N–H and O–H groups in total. The molecule has 30 heavy (non-hydrogen) atoms. The molecule has 0 bridgehead atoms. The number of nitrogens with zero attached hydrogens (tertiary/aromatic N) is 1. The van der Waals surface area contributed by atoms with Crippen LogP contribution < -0.4 is 15.4 Å². The van der Waals surface area contributed by atoms with Crippen molar-refractivity contribution in [3.63, 3.8) is 0 Å². The van der Waals surface area contributed by atoms with Gasteiger partial charge in [0, 0.05) is 18.9 Å².